The zero-order valence-corrected chi connectivity index (χ0v) is 22.8. The molecular weight excluding hydrogens is 612 g/mol. The Balaban J connectivity index is 2.40. The summed E-state index contributed by atoms with van der Waals surface area (Å²) in [5.74, 6) is 0. The molecule has 0 bridgehead atoms. The molecule has 0 aliphatic heterocycles. The summed E-state index contributed by atoms with van der Waals surface area (Å²) in [5, 5.41) is 74.5. The van der Waals surface area contributed by atoms with Gasteiger partial charge in [0.1, 0.15) is 0 Å². The minimum Gasteiger partial charge on any atom is -0.258 e. The van der Waals surface area contributed by atoms with Crippen LogP contribution < -0.4 is 0 Å². The minimum atomic E-state index is -2.08. The maximum Gasteiger partial charge on any atom is 0.430 e. The van der Waals surface area contributed by atoms with E-state index in [0.717, 1.165) is 18.2 Å². The molecule has 46 heavy (non-hydrogen) atoms. The van der Waals surface area contributed by atoms with Crippen LogP contribution in [0.1, 0.15) is 22.3 Å². The van der Waals surface area contributed by atoms with Gasteiger partial charge in [-0.25, -0.2) is 0 Å². The van der Waals surface area contributed by atoms with Gasteiger partial charge in [0.2, 0.25) is 0 Å². The molecule has 4 aromatic carbocycles. The van der Waals surface area contributed by atoms with Crippen molar-refractivity contribution in [3.8, 4) is 11.1 Å². The second kappa shape index (κ2) is 13.0. The standard InChI is InChI=1S/C28H16N6O12/c35-29(36)23(19-12-5-2-6-13-19)25(31(39)40)22-21(20-14-8-7-11-18(20)16-15-17-9-3-1-4-10-17)24(30(37)38)27(33(43)44)28(34(45)46)26(22)32(41)42/h1-16H. The highest BCUT2D eigenvalue weighted by Gasteiger charge is 2.54. The van der Waals surface area contributed by atoms with Gasteiger partial charge in [-0.2, -0.15) is 0 Å². The highest BCUT2D eigenvalue weighted by atomic mass is 16.7. The molecule has 18 nitrogen and oxygen atoms in total. The van der Waals surface area contributed by atoms with Gasteiger partial charge in [0, 0.05) is 0 Å². The highest BCUT2D eigenvalue weighted by molar-refractivity contribution is 6.03. The van der Waals surface area contributed by atoms with Gasteiger partial charge in [0.25, 0.3) is 0 Å². The molecule has 0 unspecified atom stereocenters. The molecule has 0 radical (unpaired) electrons. The topological polar surface area (TPSA) is 259 Å². The second-order valence-electron chi connectivity index (χ2n) is 9.08. The van der Waals surface area contributed by atoms with Crippen molar-refractivity contribution in [2.45, 2.75) is 0 Å². The summed E-state index contributed by atoms with van der Waals surface area (Å²) < 4.78 is 0. The SMILES string of the molecule is O=[N+]([O-])C(=C(c1c(-c2ccccc2C=Cc2ccccc2)c([N+](=O)[O-])c([N+](=O)[O-])c([N+](=O)[O-])c1[N+](=O)[O-])[N+](=O)[O-])c1ccccc1. The Bertz CT molecular complexity index is 2010. The number of benzene rings is 4. The molecule has 4 aromatic rings. The van der Waals surface area contributed by atoms with E-state index in [1.165, 1.54) is 48.6 Å². The average molecular weight is 628 g/mol. The third-order valence-corrected chi connectivity index (χ3v) is 6.49. The lowest BCUT2D eigenvalue weighted by molar-refractivity contribution is -0.452. The van der Waals surface area contributed by atoms with E-state index >= 15 is 0 Å². The molecule has 0 fully saturated rings. The van der Waals surface area contributed by atoms with Crippen LogP contribution in [0.15, 0.2) is 84.9 Å². The quantitative estimate of drug-likeness (QED) is 0.0974. The van der Waals surface area contributed by atoms with Crippen LogP contribution >= 0.6 is 0 Å². The molecule has 0 atom stereocenters. The van der Waals surface area contributed by atoms with Crippen molar-refractivity contribution in [1.82, 2.24) is 0 Å². The average Bonchev–Trinajstić information content (AvgIpc) is 3.01. The van der Waals surface area contributed by atoms with E-state index in [1.54, 1.807) is 30.3 Å². The molecule has 0 amide bonds. The first kappa shape index (κ1) is 31.7. The summed E-state index contributed by atoms with van der Waals surface area (Å²) in [4.78, 5) is 65.4. The van der Waals surface area contributed by atoms with Gasteiger partial charge in [-0.05, 0) is 28.8 Å². The summed E-state index contributed by atoms with van der Waals surface area (Å²) >= 11 is 0. The zero-order valence-electron chi connectivity index (χ0n) is 22.8. The van der Waals surface area contributed by atoms with Crippen LogP contribution in [-0.2, 0) is 0 Å². The summed E-state index contributed by atoms with van der Waals surface area (Å²) in [5.41, 5.74) is -14.0. The fourth-order valence-corrected chi connectivity index (χ4v) is 4.73. The van der Waals surface area contributed by atoms with Gasteiger partial charge in [-0.3, -0.25) is 60.7 Å². The largest absolute Gasteiger partial charge is 0.430 e. The van der Waals surface area contributed by atoms with E-state index in [0.29, 0.717) is 5.56 Å². The van der Waals surface area contributed by atoms with Crippen molar-refractivity contribution >= 4 is 46.3 Å². The normalized spacial score (nSPS) is 11.5. The fourth-order valence-electron chi connectivity index (χ4n) is 4.73. The summed E-state index contributed by atoms with van der Waals surface area (Å²) in [6.45, 7) is 0. The van der Waals surface area contributed by atoms with Gasteiger partial charge < -0.3 is 0 Å². The van der Waals surface area contributed by atoms with E-state index in [2.05, 4.69) is 0 Å². The molecule has 230 valence electrons. The van der Waals surface area contributed by atoms with Crippen molar-refractivity contribution in [2.24, 2.45) is 0 Å². The van der Waals surface area contributed by atoms with Gasteiger partial charge in [0.15, 0.2) is 5.56 Å². The lowest BCUT2D eigenvalue weighted by atomic mass is 9.88. The Morgan fingerprint density at radius 1 is 0.478 bits per heavy atom. The number of nitro groups is 6. The van der Waals surface area contributed by atoms with E-state index in [9.17, 15) is 60.7 Å². The third-order valence-electron chi connectivity index (χ3n) is 6.49. The summed E-state index contributed by atoms with van der Waals surface area (Å²) in [6.07, 6.45) is 2.81. The van der Waals surface area contributed by atoms with Crippen LogP contribution in [-0.4, -0.2) is 29.5 Å². The maximum absolute atomic E-state index is 12.7. The lowest BCUT2D eigenvalue weighted by Crippen LogP contribution is -2.15. The number of rotatable bonds is 11. The Labute approximate surface area is 255 Å². The second-order valence-corrected chi connectivity index (χ2v) is 9.08. The van der Waals surface area contributed by atoms with Crippen molar-refractivity contribution in [2.75, 3.05) is 0 Å². The van der Waals surface area contributed by atoms with Crippen LogP contribution in [0.5, 0.6) is 0 Å². The van der Waals surface area contributed by atoms with Crippen LogP contribution in [0.2, 0.25) is 0 Å². The monoisotopic (exact) mass is 628 g/mol. The molecule has 0 aliphatic rings. The molecule has 0 aromatic heterocycles. The molecule has 18 heteroatoms. The molecule has 0 saturated heterocycles. The van der Waals surface area contributed by atoms with Gasteiger partial charge in [-0.15, -0.1) is 0 Å². The first-order chi connectivity index (χ1) is 21.9. The Kier molecular flexibility index (Phi) is 8.92. The van der Waals surface area contributed by atoms with E-state index < -0.39 is 85.9 Å². The Morgan fingerprint density at radius 2 is 0.935 bits per heavy atom. The predicted molar refractivity (Wildman–Crippen MR) is 161 cm³/mol. The van der Waals surface area contributed by atoms with Crippen molar-refractivity contribution in [1.29, 1.82) is 0 Å². The van der Waals surface area contributed by atoms with Crippen LogP contribution in [0.3, 0.4) is 0 Å². The molecule has 0 saturated carbocycles. The van der Waals surface area contributed by atoms with Crippen LogP contribution in [0.4, 0.5) is 22.7 Å². The lowest BCUT2D eigenvalue weighted by Gasteiger charge is -2.13. The zero-order chi connectivity index (χ0) is 33.7. The summed E-state index contributed by atoms with van der Waals surface area (Å²) in [7, 11) is 0. The molecule has 0 N–H and O–H groups in total. The fraction of sp³-hybridized carbons (Fsp3) is 0. The van der Waals surface area contributed by atoms with Crippen LogP contribution in [0, 0.1) is 60.7 Å². The minimum absolute atomic E-state index is 0.0433. The molecule has 4 rings (SSSR count). The van der Waals surface area contributed by atoms with Gasteiger partial charge in [0.05, 0.1) is 40.7 Å². The number of hydrogen-bond acceptors (Lipinski definition) is 12. The van der Waals surface area contributed by atoms with Crippen LogP contribution in [0.25, 0.3) is 34.7 Å². The molecule has 0 spiro atoms. The van der Waals surface area contributed by atoms with Crippen molar-refractivity contribution in [3.63, 3.8) is 0 Å². The first-order valence-electron chi connectivity index (χ1n) is 12.6. The first-order valence-corrected chi connectivity index (χ1v) is 12.6. The summed E-state index contributed by atoms with van der Waals surface area (Å²) in [6, 6.07) is 19.3. The number of nitro benzene ring substituents is 4. The highest BCUT2D eigenvalue weighted by Crippen LogP contribution is 2.55. The molecule has 0 aliphatic carbocycles. The van der Waals surface area contributed by atoms with Crippen molar-refractivity contribution < 1.29 is 29.5 Å². The van der Waals surface area contributed by atoms with E-state index in [-0.39, 0.29) is 5.56 Å². The molecular formula is C28H16N6O12. The van der Waals surface area contributed by atoms with Gasteiger partial charge >= 0.3 is 34.1 Å². The van der Waals surface area contributed by atoms with E-state index in [4.69, 9.17) is 0 Å². The van der Waals surface area contributed by atoms with E-state index in [1.807, 2.05) is 0 Å². The maximum atomic E-state index is 12.7. The third kappa shape index (κ3) is 5.97. The number of nitrogens with zero attached hydrogens (tertiary/aromatic N) is 6. The van der Waals surface area contributed by atoms with Gasteiger partial charge in [-0.1, -0.05) is 84.9 Å². The molecule has 0 heterocycles. The smallest absolute Gasteiger partial charge is 0.258 e. The Morgan fingerprint density at radius 3 is 1.43 bits per heavy atom. The van der Waals surface area contributed by atoms with Crippen molar-refractivity contribution in [3.05, 3.63) is 168 Å². The predicted octanol–water partition coefficient (Wildman–Crippen LogP) is 6.54. The number of hydrogen-bond donors (Lipinski definition) is 0. The Hall–Kier alpha value is -7.24.